The van der Waals surface area contributed by atoms with E-state index in [4.69, 9.17) is 35.3 Å². The Labute approximate surface area is 354 Å². The molecule has 0 unspecified atom stereocenters. The summed E-state index contributed by atoms with van der Waals surface area (Å²) in [5.41, 5.74) is -0.904. The monoisotopic (exact) mass is 844 g/mol. The molecule has 3 aliphatic heterocycles. The lowest BCUT2D eigenvalue weighted by molar-refractivity contribution is -0.295. The van der Waals surface area contributed by atoms with E-state index in [0.29, 0.717) is 37.4 Å². The number of carbonyl (C=O) groups excluding carboxylic acids is 4. The molecule has 3 aliphatic rings. The highest BCUT2D eigenvalue weighted by Crippen LogP contribution is 2.43. The summed E-state index contributed by atoms with van der Waals surface area (Å²) in [5, 5.41) is 12.1. The third-order valence-corrected chi connectivity index (χ3v) is 13.3. The van der Waals surface area contributed by atoms with E-state index in [-0.39, 0.29) is 30.8 Å². The number of carbonyl (C=O) groups is 4. The van der Waals surface area contributed by atoms with Crippen molar-refractivity contribution in [2.45, 2.75) is 148 Å². The van der Waals surface area contributed by atoms with Crippen molar-refractivity contribution >= 4 is 35.2 Å². The summed E-state index contributed by atoms with van der Waals surface area (Å²) in [6.07, 6.45) is 0.947. The van der Waals surface area contributed by atoms with Crippen LogP contribution in [0.25, 0.3) is 11.3 Å². The quantitative estimate of drug-likeness (QED) is 0.156. The van der Waals surface area contributed by atoms with E-state index in [2.05, 4.69) is 4.98 Å². The molecule has 13 atom stereocenters. The van der Waals surface area contributed by atoms with Crippen LogP contribution in [0.4, 0.5) is 4.79 Å². The fraction of sp³-hybridized carbons (Fsp3) is 0.705. The van der Waals surface area contributed by atoms with E-state index in [1.165, 1.54) is 14.0 Å². The molecule has 0 saturated carbocycles. The fourth-order valence-electron chi connectivity index (χ4n) is 9.54. The number of methoxy groups -OCH3 is 1. The van der Waals surface area contributed by atoms with Gasteiger partial charge in [0.1, 0.15) is 23.9 Å². The largest absolute Gasteiger partial charge is 0.458 e. The Morgan fingerprint density at radius 1 is 0.983 bits per heavy atom. The molecule has 0 bridgehead atoms. The second-order valence-electron chi connectivity index (χ2n) is 17.6. The number of ether oxygens (including phenoxy) is 5. The molecular formula is C44H65ClN4O10. The number of ketones is 2. The summed E-state index contributed by atoms with van der Waals surface area (Å²) in [4.78, 5) is 64.9. The number of halogens is 1. The molecule has 328 valence electrons. The molecule has 4 heterocycles. The van der Waals surface area contributed by atoms with Gasteiger partial charge in [-0.1, -0.05) is 51.4 Å². The average molecular weight is 845 g/mol. The van der Waals surface area contributed by atoms with E-state index >= 15 is 0 Å². The van der Waals surface area contributed by atoms with Crippen molar-refractivity contribution in [1.29, 1.82) is 0 Å². The first-order valence-corrected chi connectivity index (χ1v) is 21.4. The maximum atomic E-state index is 14.7. The number of amides is 1. The number of esters is 1. The van der Waals surface area contributed by atoms with Crippen LogP contribution in [-0.2, 0) is 44.6 Å². The minimum atomic E-state index is -1.41. The molecule has 1 aromatic carbocycles. The first-order valence-electron chi connectivity index (χ1n) is 21.0. The highest BCUT2D eigenvalue weighted by molar-refractivity contribution is 6.30. The van der Waals surface area contributed by atoms with Crippen LogP contribution in [0.15, 0.2) is 36.8 Å². The standard InChI is InChI=1S/C44H65ClN4O10/c1-12-34-44(8)38(49(42(54)59-44)20-14-13-19-48-23-32(46-24-48)30-15-17-31(45)18-16-30)27(4)35(50)25(2)22-43(7,55-11)39(28(5)36(51)29(6)40(53)57-34)58-41-37(52)33(47(9)10)21-26(3)56-41/h15-18,23-29,33-34,37-39,41,52H,12-14,19-22H2,1-11H3/t25-,26+,27-,28+,29-,33-,34-,37+,38-,39-,41-,43-,44-/m1/s1. The molecule has 3 fully saturated rings. The van der Waals surface area contributed by atoms with Crippen molar-refractivity contribution in [2.75, 3.05) is 27.7 Å². The Balaban J connectivity index is 1.43. The van der Waals surface area contributed by atoms with Crippen LogP contribution in [0.1, 0.15) is 87.5 Å². The molecule has 2 aromatic rings. The Hall–Kier alpha value is -3.40. The molecule has 15 heteroatoms. The van der Waals surface area contributed by atoms with Crippen LogP contribution in [0.5, 0.6) is 0 Å². The topological polar surface area (TPSA) is 159 Å². The van der Waals surface area contributed by atoms with Gasteiger partial charge in [-0.15, -0.1) is 0 Å². The molecule has 0 spiro atoms. The van der Waals surface area contributed by atoms with Crippen molar-refractivity contribution in [3.05, 3.63) is 41.8 Å². The molecule has 5 rings (SSSR count). The molecule has 1 aromatic heterocycles. The summed E-state index contributed by atoms with van der Waals surface area (Å²) in [6.45, 7) is 14.9. The Morgan fingerprint density at radius 3 is 2.27 bits per heavy atom. The fourth-order valence-corrected chi connectivity index (χ4v) is 9.66. The van der Waals surface area contributed by atoms with Crippen molar-refractivity contribution in [3.63, 3.8) is 0 Å². The number of hydrogen-bond acceptors (Lipinski definition) is 12. The zero-order valence-electron chi connectivity index (χ0n) is 36.6. The number of unbranched alkanes of at least 4 members (excludes halogenated alkanes) is 1. The van der Waals surface area contributed by atoms with E-state index in [1.807, 2.05) is 74.8 Å². The molecular weight excluding hydrogens is 780 g/mol. The number of aliphatic hydroxyl groups is 1. The van der Waals surface area contributed by atoms with Gasteiger partial charge in [0.15, 0.2) is 17.7 Å². The number of hydrogen-bond donors (Lipinski definition) is 1. The predicted octanol–water partition coefficient (Wildman–Crippen LogP) is 6.19. The van der Waals surface area contributed by atoms with Crippen LogP contribution in [-0.4, -0.2) is 130 Å². The molecule has 1 N–H and O–H groups in total. The summed E-state index contributed by atoms with van der Waals surface area (Å²) in [5.74, 6) is -4.97. The lowest BCUT2D eigenvalue weighted by atomic mass is 9.73. The molecule has 0 radical (unpaired) electrons. The van der Waals surface area contributed by atoms with Crippen LogP contribution < -0.4 is 0 Å². The van der Waals surface area contributed by atoms with Crippen molar-refractivity contribution in [1.82, 2.24) is 19.4 Å². The highest BCUT2D eigenvalue weighted by Gasteiger charge is 2.60. The molecule has 0 aliphatic carbocycles. The number of fused-ring (bicyclic) bond motifs is 1. The van der Waals surface area contributed by atoms with Crippen molar-refractivity contribution in [3.8, 4) is 11.3 Å². The van der Waals surface area contributed by atoms with Gasteiger partial charge in [0.25, 0.3) is 0 Å². The zero-order valence-corrected chi connectivity index (χ0v) is 37.3. The number of aliphatic hydroxyl groups excluding tert-OH is 1. The number of nitrogens with zero attached hydrogens (tertiary/aromatic N) is 4. The normalized spacial score (nSPS) is 36.3. The summed E-state index contributed by atoms with van der Waals surface area (Å²) >= 11 is 6.06. The van der Waals surface area contributed by atoms with Crippen LogP contribution >= 0.6 is 11.6 Å². The highest BCUT2D eigenvalue weighted by atomic mass is 35.5. The van der Waals surface area contributed by atoms with E-state index in [0.717, 1.165) is 11.3 Å². The van der Waals surface area contributed by atoms with Gasteiger partial charge in [-0.3, -0.25) is 14.4 Å². The predicted molar refractivity (Wildman–Crippen MR) is 221 cm³/mol. The smallest absolute Gasteiger partial charge is 0.410 e. The second kappa shape index (κ2) is 19.1. The van der Waals surface area contributed by atoms with Crippen LogP contribution in [0.2, 0.25) is 5.02 Å². The van der Waals surface area contributed by atoms with Crippen molar-refractivity contribution < 1.29 is 48.0 Å². The molecule has 1 amide bonds. The third kappa shape index (κ3) is 9.89. The average Bonchev–Trinajstić information content (AvgIpc) is 3.77. The minimum Gasteiger partial charge on any atom is -0.458 e. The van der Waals surface area contributed by atoms with E-state index in [1.54, 1.807) is 38.9 Å². The van der Waals surface area contributed by atoms with Gasteiger partial charge in [-0.2, -0.15) is 0 Å². The number of cyclic esters (lactones) is 1. The van der Waals surface area contributed by atoms with Gasteiger partial charge in [0.05, 0.1) is 35.9 Å². The zero-order chi connectivity index (χ0) is 43.6. The number of imidazole rings is 1. The number of benzene rings is 1. The van der Waals surface area contributed by atoms with Crippen LogP contribution in [0.3, 0.4) is 0 Å². The Kier molecular flexibility index (Phi) is 15.1. The number of Topliss-reactive ketones (excluding diaryl/α,β-unsaturated/α-hetero) is 2. The Bertz CT molecular complexity index is 1790. The number of rotatable bonds is 11. The van der Waals surface area contributed by atoms with Crippen molar-refractivity contribution in [2.24, 2.45) is 23.7 Å². The van der Waals surface area contributed by atoms with Gasteiger partial charge < -0.3 is 43.2 Å². The summed E-state index contributed by atoms with van der Waals surface area (Å²) in [7, 11) is 5.24. The van der Waals surface area contributed by atoms with Gasteiger partial charge in [-0.25, -0.2) is 9.78 Å². The number of aromatic nitrogens is 2. The first kappa shape index (κ1) is 46.7. The lowest BCUT2D eigenvalue weighted by Gasteiger charge is -2.47. The SMILES string of the molecule is CC[C@H]1OC(=O)[C@H](C)C(=O)[C@H](C)[C@@H](O[C@H]2O[C@@H](C)C[C@@H](N(C)C)[C@@H]2O)[C@](C)(OC)C[C@@H](C)C(=O)[C@@H](C)[C@H]2N(CCCCn3cnc(-c4ccc(Cl)cc4)c3)C(=O)O[C@]12C. The van der Waals surface area contributed by atoms with Crippen LogP contribution in [0, 0.1) is 23.7 Å². The minimum absolute atomic E-state index is 0.127. The third-order valence-electron chi connectivity index (χ3n) is 13.0. The maximum absolute atomic E-state index is 14.7. The van der Waals surface area contributed by atoms with Gasteiger partial charge in [-0.05, 0) is 86.0 Å². The molecule has 3 saturated heterocycles. The number of likely N-dealkylation sites (N-methyl/N-ethyl adjacent to an activating group) is 1. The second-order valence-corrected chi connectivity index (χ2v) is 18.0. The number of aryl methyl sites for hydroxylation is 1. The van der Waals surface area contributed by atoms with Gasteiger partial charge in [0.2, 0.25) is 0 Å². The maximum Gasteiger partial charge on any atom is 0.410 e. The lowest BCUT2D eigenvalue weighted by Crippen LogP contribution is -2.60. The van der Waals surface area contributed by atoms with Gasteiger partial charge in [0, 0.05) is 60.8 Å². The molecule has 59 heavy (non-hydrogen) atoms. The summed E-state index contributed by atoms with van der Waals surface area (Å²) < 4.78 is 33.2. The van der Waals surface area contributed by atoms with E-state index in [9.17, 15) is 24.3 Å². The first-order chi connectivity index (χ1) is 27.8. The Morgan fingerprint density at radius 2 is 1.64 bits per heavy atom. The summed E-state index contributed by atoms with van der Waals surface area (Å²) in [6, 6.07) is 6.40. The van der Waals surface area contributed by atoms with E-state index < -0.39 is 83.4 Å². The van der Waals surface area contributed by atoms with Gasteiger partial charge >= 0.3 is 12.1 Å². The molecule has 14 nitrogen and oxygen atoms in total.